The molecule has 0 saturated carbocycles. The number of aromatic hydroxyl groups is 1. The number of hydrogen-bond donors (Lipinski definition) is 11. The number of nitrogens with zero attached hydrogens (tertiary/aromatic N) is 8. The number of aliphatic hydroxyl groups is 1. The van der Waals surface area contributed by atoms with E-state index in [2.05, 4.69) is 74.0 Å². The summed E-state index contributed by atoms with van der Waals surface area (Å²) in [5, 5.41) is 37.5. The van der Waals surface area contributed by atoms with E-state index in [0.29, 0.717) is 0 Å². The van der Waals surface area contributed by atoms with Crippen molar-refractivity contribution in [2.24, 2.45) is 10.2 Å². The van der Waals surface area contributed by atoms with Gasteiger partial charge in [0.15, 0.2) is 5.75 Å². The van der Waals surface area contributed by atoms with Crippen LogP contribution in [0.15, 0.2) is 101 Å². The molecule has 2 aromatic heterocycles. The predicted octanol–water partition coefficient (Wildman–Crippen LogP) is 5.72. The lowest BCUT2D eigenvalue weighted by Crippen LogP contribution is -2.14. The first-order valence-corrected chi connectivity index (χ1v) is 25.9. The fraction of sp³-hybridized carbons (Fsp3) is 0.111. The van der Waals surface area contributed by atoms with Crippen LogP contribution < -0.4 is 21.3 Å². The maximum Gasteiger partial charge on any atom is 0.297 e. The third-order valence-corrected chi connectivity index (χ3v) is 13.4. The minimum Gasteiger partial charge on any atom is -0.505 e. The fourth-order valence-corrected chi connectivity index (χ4v) is 9.75. The SMILES string of the molecule is O=S(=O)(O)c1cc(Nc2nc(Cl)nc(Nc3ccc(S(=O)(=O)O)c(Nc4nc(Cl)nc(NCCOCCO)n4)c3)n2)c2c(O)c(N=Nc3ccc4c(S(=O)(=O)O)cccc4c3S(=O)(=O)O)c(S)cc2c1. The van der Waals surface area contributed by atoms with Crippen molar-refractivity contribution in [3.63, 3.8) is 0 Å². The fourth-order valence-electron chi connectivity index (χ4n) is 6.43. The van der Waals surface area contributed by atoms with Gasteiger partial charge in [0.1, 0.15) is 26.1 Å². The van der Waals surface area contributed by atoms with Crippen LogP contribution in [0.1, 0.15) is 0 Å². The molecule has 34 heteroatoms. The van der Waals surface area contributed by atoms with E-state index in [1.54, 1.807) is 0 Å². The zero-order chi connectivity index (χ0) is 50.9. The number of benzene rings is 5. The lowest BCUT2D eigenvalue weighted by Gasteiger charge is -2.15. The Labute approximate surface area is 409 Å². The van der Waals surface area contributed by atoms with Crippen LogP contribution in [0.3, 0.4) is 0 Å². The molecule has 0 fully saturated rings. The predicted molar refractivity (Wildman–Crippen MR) is 253 cm³/mol. The zero-order valence-electron chi connectivity index (χ0n) is 34.5. The number of ether oxygens (including phenoxy) is 1. The Morgan fingerprint density at radius 1 is 0.629 bits per heavy atom. The molecule has 0 aliphatic heterocycles. The molecule has 0 atom stereocenters. The number of hydrogen-bond acceptors (Lipinski definition) is 24. The summed E-state index contributed by atoms with van der Waals surface area (Å²) in [5.74, 6) is -1.90. The molecule has 0 bridgehead atoms. The Bertz CT molecular complexity index is 3750. The van der Waals surface area contributed by atoms with Crippen molar-refractivity contribution < 1.29 is 66.8 Å². The van der Waals surface area contributed by atoms with Gasteiger partial charge in [-0.25, -0.2) is 0 Å². The normalized spacial score (nSPS) is 12.5. The first-order chi connectivity index (χ1) is 32.8. The number of fused-ring (bicyclic) bond motifs is 2. The van der Waals surface area contributed by atoms with Crippen molar-refractivity contribution in [3.05, 3.63) is 77.3 Å². The molecule has 0 radical (unpaired) electrons. The van der Waals surface area contributed by atoms with Crippen LogP contribution in [0.25, 0.3) is 21.5 Å². The van der Waals surface area contributed by atoms with E-state index in [0.717, 1.165) is 48.5 Å². The molecule has 0 aliphatic rings. The molecule has 0 aliphatic carbocycles. The molecule has 0 unspecified atom stereocenters. The highest BCUT2D eigenvalue weighted by molar-refractivity contribution is 7.87. The van der Waals surface area contributed by atoms with Crippen molar-refractivity contribution >= 4 is 150 Å². The summed E-state index contributed by atoms with van der Waals surface area (Å²) in [6.07, 6.45) is 0. The number of nitrogens with one attached hydrogen (secondary N) is 4. The van der Waals surface area contributed by atoms with Crippen molar-refractivity contribution in [1.82, 2.24) is 29.9 Å². The van der Waals surface area contributed by atoms with Gasteiger partial charge in [-0.2, -0.15) is 63.6 Å². The Kier molecular flexibility index (Phi) is 14.9. The average Bonchev–Trinajstić information content (AvgIpc) is 3.23. The van der Waals surface area contributed by atoms with Gasteiger partial charge < -0.3 is 36.2 Å². The highest BCUT2D eigenvalue weighted by atomic mass is 35.5. The second-order valence-corrected chi connectivity index (χ2v) is 20.6. The molecule has 27 nitrogen and oxygen atoms in total. The summed E-state index contributed by atoms with van der Waals surface area (Å²) in [7, 11) is -19.9. The van der Waals surface area contributed by atoms with Crippen LogP contribution in [0.4, 0.5) is 52.2 Å². The second kappa shape index (κ2) is 20.2. The molecule has 7 rings (SSSR count). The number of aromatic nitrogens is 6. The third-order valence-electron chi connectivity index (χ3n) is 9.17. The zero-order valence-corrected chi connectivity index (χ0v) is 40.1. The average molecular weight is 1100 g/mol. The topological polar surface area (TPSA) is 417 Å². The summed E-state index contributed by atoms with van der Waals surface area (Å²) < 4.78 is 144. The highest BCUT2D eigenvalue weighted by Gasteiger charge is 2.26. The maximum atomic E-state index is 12.6. The van der Waals surface area contributed by atoms with Gasteiger partial charge in [-0.15, -0.1) is 22.9 Å². The van der Waals surface area contributed by atoms with Gasteiger partial charge >= 0.3 is 0 Å². The van der Waals surface area contributed by atoms with E-state index >= 15 is 0 Å². The smallest absolute Gasteiger partial charge is 0.297 e. The minimum atomic E-state index is -5.20. The van der Waals surface area contributed by atoms with E-state index in [-0.39, 0.29) is 93.0 Å². The lowest BCUT2D eigenvalue weighted by atomic mass is 10.1. The van der Waals surface area contributed by atoms with Gasteiger partial charge in [0, 0.05) is 33.3 Å². The van der Waals surface area contributed by atoms with Crippen LogP contribution in [0.5, 0.6) is 5.75 Å². The molecule has 7 aromatic rings. The van der Waals surface area contributed by atoms with E-state index < -0.39 is 88.4 Å². The first-order valence-electron chi connectivity index (χ1n) is 18.9. The van der Waals surface area contributed by atoms with Gasteiger partial charge in [0.2, 0.25) is 34.4 Å². The molecule has 10 N–H and O–H groups in total. The largest absolute Gasteiger partial charge is 0.505 e. The number of phenols is 1. The number of thiol groups is 1. The Morgan fingerprint density at radius 3 is 1.89 bits per heavy atom. The van der Waals surface area contributed by atoms with E-state index in [9.17, 15) is 57.0 Å². The number of rotatable bonds is 18. The lowest BCUT2D eigenvalue weighted by molar-refractivity contribution is 0.0991. The van der Waals surface area contributed by atoms with Crippen LogP contribution in [0.2, 0.25) is 10.6 Å². The molecular weight excluding hydrogens is 1070 g/mol. The van der Waals surface area contributed by atoms with Crippen LogP contribution in [-0.4, -0.2) is 118 Å². The summed E-state index contributed by atoms with van der Waals surface area (Å²) in [6.45, 7) is 0.222. The molecule has 368 valence electrons. The quantitative estimate of drug-likeness (QED) is 0.0212. The molecule has 0 spiro atoms. The van der Waals surface area contributed by atoms with Crippen LogP contribution >= 0.6 is 35.8 Å². The summed E-state index contributed by atoms with van der Waals surface area (Å²) in [5.41, 5.74) is -1.64. The van der Waals surface area contributed by atoms with E-state index in [1.807, 2.05) is 0 Å². The number of halogens is 2. The Morgan fingerprint density at radius 2 is 1.26 bits per heavy atom. The molecule has 5 aromatic carbocycles. The van der Waals surface area contributed by atoms with Gasteiger partial charge in [-0.3, -0.25) is 18.2 Å². The standard InChI is InChI=1S/C36H30Cl2N12O15S5/c37-31-43-33(39-8-10-65-11-9-51)47-35(45-31)41-22-14-17(4-7-26(22)69(59,60)61)40-34-44-32(38)46-36(48-34)42-23-15-18(67(53,54)55)12-16-13-24(66)28(29(52)27(16)23)50-49-21-6-5-19-20(30(21)70(62,63)64)2-1-3-25(19)68(56,57)58/h1-7,12-15,51-52,66H,8-11H2,(H,53,54,55)(H,56,57,58)(H,59,60,61)(H,62,63,64)(H2,39,41,43,45,47)(H2,40,42,44,46,48). The number of anilines is 7. The van der Waals surface area contributed by atoms with Crippen molar-refractivity contribution in [2.75, 3.05) is 47.6 Å². The van der Waals surface area contributed by atoms with Crippen molar-refractivity contribution in [3.8, 4) is 5.75 Å². The van der Waals surface area contributed by atoms with E-state index in [4.69, 9.17) is 33.0 Å². The Balaban J connectivity index is 1.25. The summed E-state index contributed by atoms with van der Waals surface area (Å²) >= 11 is 16.7. The van der Waals surface area contributed by atoms with Gasteiger partial charge in [-0.1, -0.05) is 18.2 Å². The molecule has 2 heterocycles. The summed E-state index contributed by atoms with van der Waals surface area (Å²) in [4.78, 5) is 21.0. The number of aliphatic hydroxyl groups excluding tert-OH is 1. The molecule has 0 amide bonds. The van der Waals surface area contributed by atoms with Crippen molar-refractivity contribution in [2.45, 2.75) is 24.5 Å². The van der Waals surface area contributed by atoms with Gasteiger partial charge in [0.05, 0.1) is 36.1 Å². The van der Waals surface area contributed by atoms with Crippen molar-refractivity contribution in [1.29, 1.82) is 0 Å². The van der Waals surface area contributed by atoms with Crippen LogP contribution in [0, 0.1) is 0 Å². The first kappa shape index (κ1) is 51.6. The summed E-state index contributed by atoms with van der Waals surface area (Å²) in [6, 6.07) is 11.6. The van der Waals surface area contributed by atoms with Crippen LogP contribution in [-0.2, 0) is 45.2 Å². The number of phenolic OH excluding ortho intramolecular Hbond substituents is 1. The Hall–Kier alpha value is -6.27. The minimum absolute atomic E-state index is 0.0397. The van der Waals surface area contributed by atoms with Gasteiger partial charge in [0.25, 0.3) is 40.5 Å². The number of azo groups is 1. The third kappa shape index (κ3) is 12.0. The van der Waals surface area contributed by atoms with E-state index in [1.165, 1.54) is 18.2 Å². The molecular formula is C36H30Cl2N12O15S5. The van der Waals surface area contributed by atoms with Gasteiger partial charge in [-0.05, 0) is 77.1 Å². The monoisotopic (exact) mass is 1100 g/mol. The second-order valence-electron chi connectivity index (χ2n) is 13.9. The molecule has 0 saturated heterocycles. The maximum absolute atomic E-state index is 12.6. The highest BCUT2D eigenvalue weighted by Crippen LogP contribution is 2.46. The molecule has 70 heavy (non-hydrogen) atoms.